The summed E-state index contributed by atoms with van der Waals surface area (Å²) in [6, 6.07) is 10.4. The fourth-order valence-corrected chi connectivity index (χ4v) is 3.01. The van der Waals surface area contributed by atoms with Crippen molar-refractivity contribution < 1.29 is 9.13 Å². The minimum absolute atomic E-state index is 0.0194. The zero-order chi connectivity index (χ0) is 17.1. The van der Waals surface area contributed by atoms with Crippen LogP contribution < -0.4 is 5.32 Å². The van der Waals surface area contributed by atoms with Gasteiger partial charge in [0.15, 0.2) is 5.65 Å². The molecule has 2 aromatic heterocycles. The van der Waals surface area contributed by atoms with Crippen molar-refractivity contribution in [2.24, 2.45) is 0 Å². The Bertz CT molecular complexity index is 849. The first-order chi connectivity index (χ1) is 12.3. The first-order valence-electron chi connectivity index (χ1n) is 8.16. The number of anilines is 1. The number of benzene rings is 1. The number of ether oxygens (including phenoxy) is 1. The lowest BCUT2D eigenvalue weighted by molar-refractivity contribution is 0.0186. The monoisotopic (exact) mass is 343 g/mol. The van der Waals surface area contributed by atoms with Gasteiger partial charge in [-0.2, -0.15) is 0 Å². The Kier molecular flexibility index (Phi) is 4.49. The highest BCUT2D eigenvalue weighted by molar-refractivity contribution is 5.42. The van der Waals surface area contributed by atoms with Crippen molar-refractivity contribution in [1.82, 2.24) is 30.2 Å². The molecule has 0 radical (unpaired) electrons. The third kappa shape index (κ3) is 3.57. The lowest BCUT2D eigenvalue weighted by Crippen LogP contribution is -2.41. The zero-order valence-corrected chi connectivity index (χ0v) is 13.5. The molecule has 8 nitrogen and oxygen atoms in total. The molecule has 1 aliphatic heterocycles. The zero-order valence-electron chi connectivity index (χ0n) is 13.5. The predicted molar refractivity (Wildman–Crippen MR) is 88.6 cm³/mol. The molecule has 0 unspecified atom stereocenters. The van der Waals surface area contributed by atoms with Crippen LogP contribution >= 0.6 is 0 Å². The van der Waals surface area contributed by atoms with E-state index in [1.807, 2.05) is 12.1 Å². The summed E-state index contributed by atoms with van der Waals surface area (Å²) in [6.45, 7) is 3.57. The van der Waals surface area contributed by atoms with Crippen molar-refractivity contribution in [3.05, 3.63) is 47.8 Å². The van der Waals surface area contributed by atoms with Crippen LogP contribution in [0.3, 0.4) is 0 Å². The minimum atomic E-state index is -0.232. The van der Waals surface area contributed by atoms with Crippen LogP contribution in [0.2, 0.25) is 0 Å². The van der Waals surface area contributed by atoms with Gasteiger partial charge in [-0.25, -0.2) is 4.39 Å². The molecule has 0 saturated carbocycles. The Labute approximate surface area is 143 Å². The Balaban J connectivity index is 1.54. The molecular weight excluding hydrogens is 325 g/mol. The molecule has 1 N–H and O–H groups in total. The van der Waals surface area contributed by atoms with Crippen LogP contribution in [0.4, 0.5) is 10.2 Å². The predicted octanol–water partition coefficient (Wildman–Crippen LogP) is 1.14. The van der Waals surface area contributed by atoms with Crippen LogP contribution in [0.15, 0.2) is 36.4 Å². The maximum atomic E-state index is 13.7. The molecule has 3 aromatic rings. The van der Waals surface area contributed by atoms with E-state index in [9.17, 15) is 4.39 Å². The second kappa shape index (κ2) is 7.08. The summed E-state index contributed by atoms with van der Waals surface area (Å²) in [4.78, 5) is 2.29. The van der Waals surface area contributed by atoms with E-state index in [2.05, 4.69) is 30.8 Å². The fraction of sp³-hybridized carbons (Fsp3) is 0.375. The van der Waals surface area contributed by atoms with E-state index in [1.165, 1.54) is 10.7 Å². The summed E-state index contributed by atoms with van der Waals surface area (Å²) in [6.07, 6.45) is 0. The van der Waals surface area contributed by atoms with Crippen molar-refractivity contribution in [3.63, 3.8) is 0 Å². The van der Waals surface area contributed by atoms with Gasteiger partial charge in [0.2, 0.25) is 0 Å². The number of nitrogens with one attached hydrogen (secondary N) is 1. The maximum absolute atomic E-state index is 13.7. The SMILES string of the molecule is Fc1cccc([C@@H](CNc2ccc3nnnn3n2)N2CCOCC2)c1. The van der Waals surface area contributed by atoms with Gasteiger partial charge in [-0.05, 0) is 40.3 Å². The number of nitrogens with zero attached hydrogens (tertiary/aromatic N) is 6. The van der Waals surface area contributed by atoms with Gasteiger partial charge in [0.25, 0.3) is 0 Å². The van der Waals surface area contributed by atoms with Gasteiger partial charge in [0.1, 0.15) is 11.6 Å². The number of tetrazole rings is 1. The van der Waals surface area contributed by atoms with E-state index < -0.39 is 0 Å². The van der Waals surface area contributed by atoms with Gasteiger partial charge in [0, 0.05) is 19.6 Å². The van der Waals surface area contributed by atoms with Gasteiger partial charge in [-0.15, -0.1) is 14.8 Å². The second-order valence-electron chi connectivity index (χ2n) is 5.85. The number of morpholine rings is 1. The highest BCUT2D eigenvalue weighted by Crippen LogP contribution is 2.23. The van der Waals surface area contributed by atoms with Crippen LogP contribution in [0.5, 0.6) is 0 Å². The van der Waals surface area contributed by atoms with Crippen molar-refractivity contribution in [1.29, 1.82) is 0 Å². The molecule has 0 amide bonds. The third-order valence-electron chi connectivity index (χ3n) is 4.27. The number of hydrogen-bond donors (Lipinski definition) is 1. The number of halogens is 1. The quantitative estimate of drug-likeness (QED) is 0.744. The number of hydrogen-bond acceptors (Lipinski definition) is 7. The standard InChI is InChI=1S/C16H18FN7O/c17-13-3-1-2-12(10-13)14(23-6-8-25-9-7-23)11-18-15-4-5-16-19-21-22-24(16)20-15/h1-5,10,14H,6-9,11H2,(H,18,20)/t14-/m1/s1. The largest absolute Gasteiger partial charge is 0.379 e. The molecule has 1 fully saturated rings. The second-order valence-corrected chi connectivity index (χ2v) is 5.85. The summed E-state index contributed by atoms with van der Waals surface area (Å²) in [5.74, 6) is 0.429. The summed E-state index contributed by atoms with van der Waals surface area (Å²) in [7, 11) is 0. The van der Waals surface area contributed by atoms with Crippen molar-refractivity contribution in [2.75, 3.05) is 38.2 Å². The van der Waals surface area contributed by atoms with E-state index in [1.54, 1.807) is 18.2 Å². The Hall–Kier alpha value is -2.65. The minimum Gasteiger partial charge on any atom is -0.379 e. The molecule has 25 heavy (non-hydrogen) atoms. The molecule has 9 heteroatoms. The highest BCUT2D eigenvalue weighted by atomic mass is 19.1. The highest BCUT2D eigenvalue weighted by Gasteiger charge is 2.23. The van der Waals surface area contributed by atoms with Crippen LogP contribution in [0, 0.1) is 5.82 Å². The molecule has 0 spiro atoms. The van der Waals surface area contributed by atoms with E-state index in [0.29, 0.717) is 31.2 Å². The van der Waals surface area contributed by atoms with E-state index in [0.717, 1.165) is 18.7 Å². The van der Waals surface area contributed by atoms with Gasteiger partial charge in [-0.3, -0.25) is 4.90 Å². The van der Waals surface area contributed by atoms with Crippen LogP contribution in [-0.4, -0.2) is 63.0 Å². The average Bonchev–Trinajstić information content (AvgIpc) is 3.11. The molecule has 1 aromatic carbocycles. The normalized spacial score (nSPS) is 16.8. The number of rotatable bonds is 5. The fourth-order valence-electron chi connectivity index (χ4n) is 3.01. The molecule has 130 valence electrons. The van der Waals surface area contributed by atoms with Crippen LogP contribution in [0.25, 0.3) is 5.65 Å². The number of aromatic nitrogens is 5. The van der Waals surface area contributed by atoms with Crippen molar-refractivity contribution >= 4 is 11.5 Å². The van der Waals surface area contributed by atoms with E-state index in [-0.39, 0.29) is 11.9 Å². The topological polar surface area (TPSA) is 80.5 Å². The Morgan fingerprint density at radius 2 is 2.08 bits per heavy atom. The summed E-state index contributed by atoms with van der Waals surface area (Å²) >= 11 is 0. The summed E-state index contributed by atoms with van der Waals surface area (Å²) < 4.78 is 20.5. The Morgan fingerprint density at radius 3 is 2.92 bits per heavy atom. The lowest BCUT2D eigenvalue weighted by Gasteiger charge is -2.35. The number of fused-ring (bicyclic) bond motifs is 1. The first kappa shape index (κ1) is 15.9. The van der Waals surface area contributed by atoms with Crippen LogP contribution in [0.1, 0.15) is 11.6 Å². The molecule has 0 bridgehead atoms. The molecule has 1 atom stereocenters. The molecule has 4 rings (SSSR count). The van der Waals surface area contributed by atoms with Gasteiger partial charge in [0.05, 0.1) is 19.3 Å². The average molecular weight is 343 g/mol. The molecule has 0 aliphatic carbocycles. The maximum Gasteiger partial charge on any atom is 0.200 e. The van der Waals surface area contributed by atoms with Crippen molar-refractivity contribution in [3.8, 4) is 0 Å². The molecule has 3 heterocycles. The molecule has 1 saturated heterocycles. The first-order valence-corrected chi connectivity index (χ1v) is 8.16. The van der Waals surface area contributed by atoms with Gasteiger partial charge < -0.3 is 10.1 Å². The van der Waals surface area contributed by atoms with Crippen molar-refractivity contribution in [2.45, 2.75) is 6.04 Å². The smallest absolute Gasteiger partial charge is 0.200 e. The summed E-state index contributed by atoms with van der Waals surface area (Å²) in [5.41, 5.74) is 1.51. The molecule has 1 aliphatic rings. The van der Waals surface area contributed by atoms with Gasteiger partial charge in [-0.1, -0.05) is 12.1 Å². The van der Waals surface area contributed by atoms with Gasteiger partial charge >= 0.3 is 0 Å². The Morgan fingerprint density at radius 1 is 1.20 bits per heavy atom. The molecular formula is C16H18FN7O. The van der Waals surface area contributed by atoms with E-state index in [4.69, 9.17) is 4.74 Å². The lowest BCUT2D eigenvalue weighted by atomic mass is 10.0. The van der Waals surface area contributed by atoms with E-state index >= 15 is 0 Å². The van der Waals surface area contributed by atoms with Crippen LogP contribution in [-0.2, 0) is 4.74 Å². The summed E-state index contributed by atoms with van der Waals surface area (Å²) in [5, 5.41) is 18.8. The third-order valence-corrected chi connectivity index (χ3v) is 4.27.